The molecule has 7 nitrogen and oxygen atoms in total. The molecule has 2 aliphatic rings. The molecule has 25 heavy (non-hydrogen) atoms. The number of rotatable bonds is 3. The van der Waals surface area contributed by atoms with Crippen LogP contribution in [0.25, 0.3) is 0 Å². The van der Waals surface area contributed by atoms with Gasteiger partial charge in [0.25, 0.3) is 11.7 Å². The number of hydrogen-bond acceptors (Lipinski definition) is 6. The van der Waals surface area contributed by atoms with Gasteiger partial charge in [0.05, 0.1) is 0 Å². The molecule has 2 aromatic carbocycles. The number of fused-ring (bicyclic) bond motifs is 3. The highest BCUT2D eigenvalue weighted by atomic mass is 32.2. The van der Waals surface area contributed by atoms with Crippen molar-refractivity contribution in [3.8, 4) is 0 Å². The van der Waals surface area contributed by atoms with E-state index >= 15 is 0 Å². The summed E-state index contributed by atoms with van der Waals surface area (Å²) >= 11 is 1.04. The summed E-state index contributed by atoms with van der Waals surface area (Å²) in [6.45, 7) is 0. The molecule has 0 radical (unpaired) electrons. The molecule has 1 N–H and O–H groups in total. The van der Waals surface area contributed by atoms with Crippen LogP contribution in [0.1, 0.15) is 10.8 Å². The van der Waals surface area contributed by atoms with Crippen molar-refractivity contribution in [2.75, 3.05) is 0 Å². The van der Waals surface area contributed by atoms with Crippen molar-refractivity contribution < 1.29 is 24.5 Å². The maximum atomic E-state index is 12.2. The van der Waals surface area contributed by atoms with Gasteiger partial charge in [0.1, 0.15) is 22.3 Å². The van der Waals surface area contributed by atoms with Crippen molar-refractivity contribution in [2.45, 2.75) is 17.6 Å². The fourth-order valence-corrected chi connectivity index (χ4v) is 3.92. The molecule has 0 bridgehead atoms. The first-order valence-electron chi connectivity index (χ1n) is 7.59. The SMILES string of the molecule is O=C(O)C(SC1=Nc2ccccc2[N+]2=NOC([O-])C12)c1ccccc1. The second kappa shape index (κ2) is 6.30. The molecule has 8 heteroatoms. The van der Waals surface area contributed by atoms with Crippen LogP contribution in [0.4, 0.5) is 11.4 Å². The Morgan fingerprint density at radius 2 is 1.92 bits per heavy atom. The second-order valence-corrected chi connectivity index (χ2v) is 6.66. The van der Waals surface area contributed by atoms with Gasteiger partial charge in [0, 0.05) is 6.07 Å². The number of thioether (sulfide) groups is 1. The lowest BCUT2D eigenvalue weighted by atomic mass is 10.1. The van der Waals surface area contributed by atoms with Gasteiger partial charge in [-0.05, 0) is 16.3 Å². The van der Waals surface area contributed by atoms with Crippen molar-refractivity contribution in [1.29, 1.82) is 0 Å². The molecule has 126 valence electrons. The smallest absolute Gasteiger partial charge is 0.321 e. The summed E-state index contributed by atoms with van der Waals surface area (Å²) in [6, 6.07) is 15.3. The van der Waals surface area contributed by atoms with E-state index in [9.17, 15) is 15.0 Å². The van der Waals surface area contributed by atoms with Crippen molar-refractivity contribution in [3.63, 3.8) is 0 Å². The van der Waals surface area contributed by atoms with E-state index in [4.69, 9.17) is 4.84 Å². The molecule has 2 aromatic rings. The van der Waals surface area contributed by atoms with Crippen LogP contribution in [0.3, 0.4) is 0 Å². The third-order valence-corrected chi connectivity index (χ3v) is 5.22. The van der Waals surface area contributed by atoms with Gasteiger partial charge in [0.15, 0.2) is 5.28 Å². The lowest BCUT2D eigenvalue weighted by Gasteiger charge is -2.23. The van der Waals surface area contributed by atoms with Crippen LogP contribution >= 0.6 is 11.8 Å². The number of para-hydroxylation sites is 2. The Kier molecular flexibility index (Phi) is 3.98. The molecule has 0 spiro atoms. The van der Waals surface area contributed by atoms with E-state index < -0.39 is 23.6 Å². The number of benzene rings is 2. The first-order valence-corrected chi connectivity index (χ1v) is 8.47. The van der Waals surface area contributed by atoms with E-state index in [0.29, 0.717) is 22.0 Å². The molecule has 0 aliphatic carbocycles. The van der Waals surface area contributed by atoms with E-state index in [0.717, 1.165) is 11.8 Å². The highest BCUT2D eigenvalue weighted by molar-refractivity contribution is 8.14. The molecule has 4 rings (SSSR count). The Balaban J connectivity index is 1.75. The maximum absolute atomic E-state index is 12.2. The van der Waals surface area contributed by atoms with Crippen molar-refractivity contribution in [2.24, 2.45) is 10.3 Å². The Hall–Kier alpha value is -2.71. The standard InChI is InChI=1S/C17H13N3O4S/c21-16(22)14(10-6-2-1-3-7-10)25-15-13-17(23)24-19-20(13)12-9-5-4-8-11(12)18-15/h1-9,13-14,17H,(H,21,22). The largest absolute Gasteiger partial charge is 0.814 e. The fourth-order valence-electron chi connectivity index (χ4n) is 2.78. The molecule has 0 saturated carbocycles. The van der Waals surface area contributed by atoms with E-state index in [1.54, 1.807) is 36.4 Å². The molecule has 2 heterocycles. The fraction of sp³-hybridized carbons (Fsp3) is 0.176. The quantitative estimate of drug-likeness (QED) is 0.853. The summed E-state index contributed by atoms with van der Waals surface area (Å²) in [5, 5.41) is 25.2. The number of aliphatic imine (C=N–C) groups is 1. The van der Waals surface area contributed by atoms with Crippen molar-refractivity contribution in [3.05, 3.63) is 60.2 Å². The summed E-state index contributed by atoms with van der Waals surface area (Å²) in [6.07, 6.45) is -1.45. The van der Waals surface area contributed by atoms with Crippen molar-refractivity contribution >= 4 is 34.1 Å². The van der Waals surface area contributed by atoms with Crippen LogP contribution in [0.15, 0.2) is 64.9 Å². The number of aliphatic carboxylic acids is 1. The van der Waals surface area contributed by atoms with E-state index in [2.05, 4.69) is 10.3 Å². The van der Waals surface area contributed by atoms with Crippen LogP contribution < -0.4 is 5.11 Å². The number of nitrogens with zero attached hydrogens (tertiary/aromatic N) is 3. The second-order valence-electron chi connectivity index (χ2n) is 5.53. The van der Waals surface area contributed by atoms with Gasteiger partial charge >= 0.3 is 5.97 Å². The summed E-state index contributed by atoms with van der Waals surface area (Å²) in [5.41, 5.74) is 1.92. The zero-order valence-corrected chi connectivity index (χ0v) is 13.7. The molecular weight excluding hydrogens is 342 g/mol. The molecule has 0 aromatic heterocycles. The first-order chi connectivity index (χ1) is 12.1. The number of carbonyl (C=O) groups is 1. The van der Waals surface area contributed by atoms with Gasteiger partial charge in [-0.3, -0.25) is 4.79 Å². The lowest BCUT2D eigenvalue weighted by molar-refractivity contribution is -0.557. The van der Waals surface area contributed by atoms with Crippen molar-refractivity contribution in [1.82, 2.24) is 0 Å². The van der Waals surface area contributed by atoms with Gasteiger partial charge in [-0.1, -0.05) is 54.2 Å². The minimum atomic E-state index is -1.45. The van der Waals surface area contributed by atoms with Crippen LogP contribution in [0.5, 0.6) is 0 Å². The Morgan fingerprint density at radius 1 is 1.20 bits per heavy atom. The van der Waals surface area contributed by atoms with E-state index in [1.165, 1.54) is 4.70 Å². The number of carboxylic acid groups (broad SMARTS) is 1. The summed E-state index contributed by atoms with van der Waals surface area (Å²) in [7, 11) is 0. The summed E-state index contributed by atoms with van der Waals surface area (Å²) in [4.78, 5) is 21.2. The Bertz CT molecular complexity index is 884. The Morgan fingerprint density at radius 3 is 2.68 bits per heavy atom. The lowest BCUT2D eigenvalue weighted by Crippen LogP contribution is -2.45. The minimum Gasteiger partial charge on any atom is -0.814 e. The van der Waals surface area contributed by atoms with E-state index in [-0.39, 0.29) is 0 Å². The Labute approximate surface area is 147 Å². The molecule has 0 fully saturated rings. The van der Waals surface area contributed by atoms with Gasteiger partial charge in [-0.15, -0.1) is 0 Å². The first kappa shape index (κ1) is 15.8. The molecule has 0 amide bonds. The number of hydrogen-bond donors (Lipinski definition) is 1. The molecule has 0 saturated heterocycles. The van der Waals surface area contributed by atoms with Gasteiger partial charge in [-0.2, -0.15) is 0 Å². The molecule has 3 unspecified atom stereocenters. The zero-order valence-electron chi connectivity index (χ0n) is 12.9. The normalized spacial score (nSPS) is 22.1. The monoisotopic (exact) mass is 355 g/mol. The van der Waals surface area contributed by atoms with Crippen LogP contribution in [-0.4, -0.2) is 33.1 Å². The maximum Gasteiger partial charge on any atom is 0.321 e. The summed E-state index contributed by atoms with van der Waals surface area (Å²) in [5.74, 6) is -0.998. The summed E-state index contributed by atoms with van der Waals surface area (Å²) < 4.78 is 1.48. The number of carboxylic acids is 1. The van der Waals surface area contributed by atoms with Gasteiger partial charge in [-0.25, -0.2) is 4.99 Å². The highest BCUT2D eigenvalue weighted by Crippen LogP contribution is 2.42. The van der Waals surface area contributed by atoms with E-state index in [1.807, 2.05) is 18.2 Å². The van der Waals surface area contributed by atoms with Crippen LogP contribution in [0, 0.1) is 0 Å². The highest BCUT2D eigenvalue weighted by Gasteiger charge is 2.46. The molecule has 3 atom stereocenters. The van der Waals surface area contributed by atoms with Crippen LogP contribution in [0.2, 0.25) is 0 Å². The third kappa shape index (κ3) is 2.79. The average Bonchev–Trinajstić information content (AvgIpc) is 3.02. The van der Waals surface area contributed by atoms with Gasteiger partial charge in [0.2, 0.25) is 0 Å². The third-order valence-electron chi connectivity index (χ3n) is 3.94. The zero-order chi connectivity index (χ0) is 17.4. The van der Waals surface area contributed by atoms with Gasteiger partial charge < -0.3 is 15.1 Å². The average molecular weight is 355 g/mol. The van der Waals surface area contributed by atoms with Crippen LogP contribution in [-0.2, 0) is 9.63 Å². The minimum absolute atomic E-state index is 0.385. The molecular formula is C17H13N3O4S. The topological polar surface area (TPSA) is 97.3 Å². The molecule has 2 aliphatic heterocycles. The predicted octanol–water partition coefficient (Wildman–Crippen LogP) is 2.39. The predicted molar refractivity (Wildman–Crippen MR) is 89.0 cm³/mol.